The van der Waals surface area contributed by atoms with Crippen LogP contribution in [0.15, 0.2) is 0 Å². The Morgan fingerprint density at radius 3 is 2.52 bits per heavy atom. The van der Waals surface area contributed by atoms with Crippen molar-refractivity contribution in [1.29, 1.82) is 0 Å². The number of aliphatic hydroxyl groups is 1. The summed E-state index contributed by atoms with van der Waals surface area (Å²) in [5.74, 6) is -1.18. The van der Waals surface area contributed by atoms with Crippen LogP contribution in [0.3, 0.4) is 0 Å². The van der Waals surface area contributed by atoms with Crippen LogP contribution in [0.2, 0.25) is 0 Å². The minimum Gasteiger partial charge on any atom is -0.481 e. The van der Waals surface area contributed by atoms with Crippen molar-refractivity contribution in [2.24, 2.45) is 5.92 Å². The number of amides is 2. The average molecular weight is 300 g/mol. The molecule has 21 heavy (non-hydrogen) atoms. The van der Waals surface area contributed by atoms with E-state index in [1.165, 1.54) is 6.42 Å². The van der Waals surface area contributed by atoms with E-state index in [1.807, 2.05) is 0 Å². The average Bonchev–Trinajstić information content (AvgIpc) is 2.49. The number of nitrogens with one attached hydrogen (secondary N) is 1. The molecule has 1 aliphatic carbocycles. The number of hydrogen-bond donors (Lipinski definition) is 3. The number of aliphatic carboxylic acids is 1. The van der Waals surface area contributed by atoms with Gasteiger partial charge in [0.15, 0.2) is 0 Å². The predicted molar refractivity (Wildman–Crippen MR) is 80.1 cm³/mol. The van der Waals surface area contributed by atoms with Gasteiger partial charge in [0, 0.05) is 19.1 Å². The molecule has 122 valence electrons. The van der Waals surface area contributed by atoms with Gasteiger partial charge in [-0.2, -0.15) is 0 Å². The van der Waals surface area contributed by atoms with Gasteiger partial charge in [-0.3, -0.25) is 4.79 Å². The lowest BCUT2D eigenvalue weighted by atomic mass is 9.94. The number of carbonyl (C=O) groups is 2. The normalized spacial score (nSPS) is 17.2. The van der Waals surface area contributed by atoms with Gasteiger partial charge in [0.05, 0.1) is 12.5 Å². The van der Waals surface area contributed by atoms with Crippen LogP contribution in [0.25, 0.3) is 0 Å². The molecule has 0 heterocycles. The highest BCUT2D eigenvalue weighted by Crippen LogP contribution is 2.22. The van der Waals surface area contributed by atoms with Gasteiger partial charge >= 0.3 is 12.0 Å². The SMILES string of the molecule is CC(CCCNC(=O)N(CCO)C1CCCCC1)C(=O)O. The van der Waals surface area contributed by atoms with Gasteiger partial charge in [0.25, 0.3) is 0 Å². The topological polar surface area (TPSA) is 89.9 Å². The van der Waals surface area contributed by atoms with Crippen molar-refractivity contribution in [3.8, 4) is 0 Å². The first-order chi connectivity index (χ1) is 10.1. The van der Waals surface area contributed by atoms with Crippen LogP contribution >= 0.6 is 0 Å². The fraction of sp³-hybridized carbons (Fsp3) is 0.867. The molecule has 1 aliphatic rings. The monoisotopic (exact) mass is 300 g/mol. The van der Waals surface area contributed by atoms with Crippen LogP contribution in [0, 0.1) is 5.92 Å². The molecule has 2 amide bonds. The summed E-state index contributed by atoms with van der Waals surface area (Å²) < 4.78 is 0. The third-order valence-electron chi connectivity index (χ3n) is 4.13. The summed E-state index contributed by atoms with van der Waals surface area (Å²) in [6.45, 7) is 2.48. The van der Waals surface area contributed by atoms with Crippen molar-refractivity contribution in [3.63, 3.8) is 0 Å². The van der Waals surface area contributed by atoms with E-state index < -0.39 is 5.97 Å². The lowest BCUT2D eigenvalue weighted by Crippen LogP contribution is -2.48. The fourth-order valence-corrected chi connectivity index (χ4v) is 2.78. The van der Waals surface area contributed by atoms with Crippen molar-refractivity contribution >= 4 is 12.0 Å². The van der Waals surface area contributed by atoms with Crippen molar-refractivity contribution in [2.45, 2.75) is 57.9 Å². The zero-order chi connectivity index (χ0) is 15.7. The first-order valence-electron chi connectivity index (χ1n) is 7.94. The molecule has 1 rings (SSSR count). The Balaban J connectivity index is 2.33. The quantitative estimate of drug-likeness (QED) is 0.596. The molecule has 1 atom stereocenters. The Kier molecular flexibility index (Phi) is 8.12. The number of urea groups is 1. The van der Waals surface area contributed by atoms with Crippen molar-refractivity contribution in [3.05, 3.63) is 0 Å². The van der Waals surface area contributed by atoms with Gasteiger partial charge in [-0.1, -0.05) is 26.2 Å². The maximum Gasteiger partial charge on any atom is 0.317 e. The Labute approximate surface area is 126 Å². The third kappa shape index (κ3) is 6.33. The van der Waals surface area contributed by atoms with Crippen molar-refractivity contribution < 1.29 is 19.8 Å². The molecule has 3 N–H and O–H groups in total. The van der Waals surface area contributed by atoms with Gasteiger partial charge in [0.1, 0.15) is 0 Å². The van der Waals surface area contributed by atoms with Crippen molar-refractivity contribution in [2.75, 3.05) is 19.7 Å². The van der Waals surface area contributed by atoms with Crippen molar-refractivity contribution in [1.82, 2.24) is 10.2 Å². The number of carboxylic acids is 1. The lowest BCUT2D eigenvalue weighted by molar-refractivity contribution is -0.141. The fourth-order valence-electron chi connectivity index (χ4n) is 2.78. The smallest absolute Gasteiger partial charge is 0.317 e. The molecule has 1 unspecified atom stereocenters. The van der Waals surface area contributed by atoms with Crippen LogP contribution in [-0.4, -0.2) is 52.9 Å². The highest BCUT2D eigenvalue weighted by atomic mass is 16.4. The van der Waals surface area contributed by atoms with Gasteiger partial charge in [0.2, 0.25) is 0 Å². The Bertz CT molecular complexity index is 330. The minimum absolute atomic E-state index is 0.0278. The Morgan fingerprint density at radius 2 is 1.95 bits per heavy atom. The van der Waals surface area contributed by atoms with Gasteiger partial charge < -0.3 is 20.4 Å². The lowest BCUT2D eigenvalue weighted by Gasteiger charge is -2.34. The van der Waals surface area contributed by atoms with E-state index in [4.69, 9.17) is 10.2 Å². The summed E-state index contributed by atoms with van der Waals surface area (Å²) >= 11 is 0. The van der Waals surface area contributed by atoms with E-state index in [2.05, 4.69) is 5.32 Å². The van der Waals surface area contributed by atoms with Crippen LogP contribution in [0.5, 0.6) is 0 Å². The summed E-state index contributed by atoms with van der Waals surface area (Å²) in [5.41, 5.74) is 0. The molecule has 0 spiro atoms. The Morgan fingerprint density at radius 1 is 1.29 bits per heavy atom. The minimum atomic E-state index is -0.801. The number of aliphatic hydroxyl groups excluding tert-OH is 1. The number of rotatable bonds is 8. The second-order valence-electron chi connectivity index (χ2n) is 5.82. The van der Waals surface area contributed by atoms with Gasteiger partial charge in [-0.15, -0.1) is 0 Å². The molecule has 6 heteroatoms. The molecular weight excluding hydrogens is 272 g/mol. The molecule has 1 fully saturated rings. The molecule has 0 radical (unpaired) electrons. The second-order valence-corrected chi connectivity index (χ2v) is 5.82. The van der Waals surface area contributed by atoms with E-state index in [-0.39, 0.29) is 24.6 Å². The van der Waals surface area contributed by atoms with Crippen LogP contribution in [0.4, 0.5) is 4.79 Å². The number of nitrogens with zero attached hydrogens (tertiary/aromatic N) is 1. The zero-order valence-electron chi connectivity index (χ0n) is 12.9. The van der Waals surface area contributed by atoms with E-state index >= 15 is 0 Å². The van der Waals surface area contributed by atoms with Gasteiger partial charge in [-0.25, -0.2) is 4.79 Å². The second kappa shape index (κ2) is 9.60. The molecule has 0 aromatic rings. The maximum absolute atomic E-state index is 12.2. The first kappa shape index (κ1) is 17.8. The standard InChI is InChI=1S/C15H28N2O4/c1-12(14(19)20)6-5-9-16-15(21)17(10-11-18)13-7-3-2-4-8-13/h12-13,18H,2-11H2,1H3,(H,16,21)(H,19,20). The molecule has 0 aromatic carbocycles. The predicted octanol–water partition coefficient (Wildman–Crippen LogP) is 1.82. The number of hydrogen-bond acceptors (Lipinski definition) is 3. The maximum atomic E-state index is 12.2. The van der Waals surface area contributed by atoms with Crippen LogP contribution in [0.1, 0.15) is 51.9 Å². The summed E-state index contributed by atoms with van der Waals surface area (Å²) in [5, 5.41) is 20.8. The molecule has 0 aliphatic heterocycles. The first-order valence-corrected chi connectivity index (χ1v) is 7.94. The van der Waals surface area contributed by atoms with Crippen LogP contribution < -0.4 is 5.32 Å². The Hall–Kier alpha value is -1.30. The molecule has 0 bridgehead atoms. The molecule has 0 saturated heterocycles. The largest absolute Gasteiger partial charge is 0.481 e. The number of carbonyl (C=O) groups excluding carboxylic acids is 1. The van der Waals surface area contributed by atoms with Gasteiger partial charge in [-0.05, 0) is 25.7 Å². The summed E-state index contributed by atoms with van der Waals surface area (Å²) in [4.78, 5) is 24.6. The van der Waals surface area contributed by atoms with E-state index in [9.17, 15) is 9.59 Å². The number of carboxylic acid groups (broad SMARTS) is 1. The third-order valence-corrected chi connectivity index (χ3v) is 4.13. The molecule has 1 saturated carbocycles. The molecule has 6 nitrogen and oxygen atoms in total. The molecular formula is C15H28N2O4. The van der Waals surface area contributed by atoms with Crippen LogP contribution in [-0.2, 0) is 4.79 Å². The summed E-state index contributed by atoms with van der Waals surface area (Å²) in [7, 11) is 0. The summed E-state index contributed by atoms with van der Waals surface area (Å²) in [6.07, 6.45) is 6.70. The summed E-state index contributed by atoms with van der Waals surface area (Å²) in [6, 6.07) is 0.0859. The van der Waals surface area contributed by atoms with E-state index in [1.54, 1.807) is 11.8 Å². The molecule has 0 aromatic heterocycles. The van der Waals surface area contributed by atoms with E-state index in [0.29, 0.717) is 25.9 Å². The highest BCUT2D eigenvalue weighted by Gasteiger charge is 2.24. The zero-order valence-corrected chi connectivity index (χ0v) is 12.9. The van der Waals surface area contributed by atoms with E-state index in [0.717, 1.165) is 25.7 Å². The highest BCUT2D eigenvalue weighted by molar-refractivity contribution is 5.74.